The highest BCUT2D eigenvalue weighted by Crippen LogP contribution is 2.18. The second-order valence-electron chi connectivity index (χ2n) is 18.9. The van der Waals surface area contributed by atoms with Crippen LogP contribution in [-0.4, -0.2) is 57.3 Å². The monoisotopic (exact) mass is 850 g/mol. The second kappa shape index (κ2) is 49.1. The van der Waals surface area contributed by atoms with Crippen LogP contribution in [0.15, 0.2) is 12.2 Å². The molecule has 4 atom stereocenters. The minimum absolute atomic E-state index is 0.365. The zero-order valence-corrected chi connectivity index (χ0v) is 40.5. The number of carbonyl (C=O) groups is 1. The Kier molecular flexibility index (Phi) is 48.3. The largest absolute Gasteiger partial charge is 0.394 e. The van der Waals surface area contributed by atoms with Crippen LogP contribution in [0.25, 0.3) is 0 Å². The molecule has 0 saturated heterocycles. The molecule has 0 heterocycles. The van der Waals surface area contributed by atoms with Crippen molar-refractivity contribution in [2.45, 2.75) is 321 Å². The van der Waals surface area contributed by atoms with E-state index < -0.39 is 36.9 Å². The topological polar surface area (TPSA) is 110 Å². The molecule has 5 N–H and O–H groups in total. The summed E-state index contributed by atoms with van der Waals surface area (Å²) in [6.45, 7) is 4.09. The maximum absolute atomic E-state index is 12.6. The average Bonchev–Trinajstić information content (AvgIpc) is 3.25. The van der Waals surface area contributed by atoms with Crippen LogP contribution >= 0.6 is 0 Å². The lowest BCUT2D eigenvalue weighted by atomic mass is 9.99. The molecule has 6 nitrogen and oxygen atoms in total. The van der Waals surface area contributed by atoms with Gasteiger partial charge in [0.1, 0.15) is 12.2 Å². The summed E-state index contributed by atoms with van der Waals surface area (Å²) in [4.78, 5) is 12.6. The number of aliphatic hydroxyl groups excluding tert-OH is 4. The summed E-state index contributed by atoms with van der Waals surface area (Å²) in [6, 6.07) is -0.986. The number of aliphatic hydroxyl groups is 4. The summed E-state index contributed by atoms with van der Waals surface area (Å²) < 4.78 is 0. The van der Waals surface area contributed by atoms with Crippen molar-refractivity contribution in [1.82, 2.24) is 5.32 Å². The molecule has 0 fully saturated rings. The van der Waals surface area contributed by atoms with Crippen LogP contribution in [0.3, 0.4) is 0 Å². The summed E-state index contributed by atoms with van der Waals surface area (Å²) in [6.07, 6.45) is 56.9. The zero-order valence-electron chi connectivity index (χ0n) is 40.5. The van der Waals surface area contributed by atoms with Crippen molar-refractivity contribution in [3.63, 3.8) is 0 Å². The molecule has 0 bridgehead atoms. The first-order valence-corrected chi connectivity index (χ1v) is 27.1. The third-order valence-electron chi connectivity index (χ3n) is 13.0. The quantitative estimate of drug-likeness (QED) is 0.0309. The number of hydrogen-bond acceptors (Lipinski definition) is 5. The Morgan fingerprint density at radius 2 is 0.667 bits per heavy atom. The number of hydrogen-bond donors (Lipinski definition) is 5. The third kappa shape index (κ3) is 42.4. The Labute approximate surface area is 374 Å². The first-order valence-electron chi connectivity index (χ1n) is 27.1. The molecule has 4 unspecified atom stereocenters. The molecular formula is C54H107NO5. The van der Waals surface area contributed by atoms with E-state index in [2.05, 4.69) is 31.3 Å². The van der Waals surface area contributed by atoms with Gasteiger partial charge in [0.25, 0.3) is 0 Å². The van der Waals surface area contributed by atoms with Crippen LogP contribution in [0.2, 0.25) is 0 Å². The molecule has 358 valence electrons. The van der Waals surface area contributed by atoms with Crippen LogP contribution < -0.4 is 5.32 Å². The van der Waals surface area contributed by atoms with Gasteiger partial charge in [-0.2, -0.15) is 0 Å². The maximum Gasteiger partial charge on any atom is 0.249 e. The van der Waals surface area contributed by atoms with Crippen molar-refractivity contribution < 1.29 is 25.2 Å². The number of nitrogens with one attached hydrogen (secondary N) is 1. The molecule has 0 aliphatic heterocycles. The molecule has 1 amide bonds. The summed E-state index contributed by atoms with van der Waals surface area (Å²) in [5, 5.41) is 44.0. The van der Waals surface area contributed by atoms with Gasteiger partial charge in [0, 0.05) is 0 Å². The number of unbranched alkanes of at least 4 members (excludes halogenated alkanes) is 39. The van der Waals surface area contributed by atoms with E-state index in [4.69, 9.17) is 0 Å². The van der Waals surface area contributed by atoms with Gasteiger partial charge >= 0.3 is 0 Å². The second-order valence-corrected chi connectivity index (χ2v) is 18.9. The van der Waals surface area contributed by atoms with Crippen LogP contribution in [0.1, 0.15) is 296 Å². The standard InChI is InChI=1S/C54H107NO5/c1-3-5-7-9-11-13-15-17-19-21-23-25-27-29-31-33-35-37-39-41-43-45-47-51(57)53(59)50(49-56)55-54(60)52(58)48-46-44-42-40-38-36-34-32-30-28-26-24-22-20-18-16-14-12-10-8-6-4-2/h30,32,50-53,56-59H,3-29,31,33-49H2,1-2H3,(H,55,60)/b32-30-. The Bertz CT molecular complexity index is 867. The molecule has 0 spiro atoms. The van der Waals surface area contributed by atoms with E-state index in [1.807, 2.05) is 0 Å². The third-order valence-corrected chi connectivity index (χ3v) is 13.0. The van der Waals surface area contributed by atoms with E-state index in [0.717, 1.165) is 44.9 Å². The van der Waals surface area contributed by atoms with Gasteiger partial charge in [0.05, 0.1) is 18.8 Å². The summed E-state index contributed by atoms with van der Waals surface area (Å²) in [5.74, 6) is -0.583. The van der Waals surface area contributed by atoms with E-state index in [1.165, 1.54) is 225 Å². The van der Waals surface area contributed by atoms with Gasteiger partial charge in [-0.15, -0.1) is 0 Å². The van der Waals surface area contributed by atoms with Crippen molar-refractivity contribution in [1.29, 1.82) is 0 Å². The Morgan fingerprint density at radius 1 is 0.400 bits per heavy atom. The van der Waals surface area contributed by atoms with Crippen molar-refractivity contribution in [2.75, 3.05) is 6.61 Å². The van der Waals surface area contributed by atoms with E-state index in [-0.39, 0.29) is 0 Å². The molecule has 0 aromatic carbocycles. The molecule has 0 aromatic rings. The van der Waals surface area contributed by atoms with Crippen LogP contribution in [0, 0.1) is 0 Å². The van der Waals surface area contributed by atoms with Gasteiger partial charge in [0.2, 0.25) is 5.91 Å². The zero-order chi connectivity index (χ0) is 43.8. The minimum atomic E-state index is -1.26. The molecule has 0 aromatic heterocycles. The predicted molar refractivity (Wildman–Crippen MR) is 261 cm³/mol. The van der Waals surface area contributed by atoms with E-state index in [1.54, 1.807) is 0 Å². The first-order chi connectivity index (χ1) is 29.5. The number of amides is 1. The minimum Gasteiger partial charge on any atom is -0.394 e. The van der Waals surface area contributed by atoms with Crippen molar-refractivity contribution in [2.24, 2.45) is 0 Å². The number of carbonyl (C=O) groups excluding carboxylic acids is 1. The average molecular weight is 850 g/mol. The highest BCUT2D eigenvalue weighted by atomic mass is 16.3. The molecule has 6 heteroatoms. The number of rotatable bonds is 50. The Morgan fingerprint density at radius 3 is 0.967 bits per heavy atom. The highest BCUT2D eigenvalue weighted by Gasteiger charge is 2.28. The molecule has 60 heavy (non-hydrogen) atoms. The molecule has 0 aliphatic rings. The Hall–Kier alpha value is -0.950. The van der Waals surface area contributed by atoms with Gasteiger partial charge in [-0.1, -0.05) is 270 Å². The molecular weight excluding hydrogens is 743 g/mol. The summed E-state index contributed by atoms with van der Waals surface area (Å²) in [5.41, 5.74) is 0. The summed E-state index contributed by atoms with van der Waals surface area (Å²) in [7, 11) is 0. The summed E-state index contributed by atoms with van der Waals surface area (Å²) >= 11 is 0. The molecule has 0 aliphatic carbocycles. The van der Waals surface area contributed by atoms with E-state index >= 15 is 0 Å². The van der Waals surface area contributed by atoms with Gasteiger partial charge in [-0.3, -0.25) is 4.79 Å². The van der Waals surface area contributed by atoms with E-state index in [0.29, 0.717) is 12.8 Å². The lowest BCUT2D eigenvalue weighted by molar-refractivity contribution is -0.132. The van der Waals surface area contributed by atoms with Crippen LogP contribution in [-0.2, 0) is 4.79 Å². The lowest BCUT2D eigenvalue weighted by Crippen LogP contribution is -2.53. The van der Waals surface area contributed by atoms with Gasteiger partial charge in [-0.25, -0.2) is 0 Å². The van der Waals surface area contributed by atoms with Gasteiger partial charge in [0.15, 0.2) is 0 Å². The normalized spacial score (nSPS) is 13.9. The highest BCUT2D eigenvalue weighted by molar-refractivity contribution is 5.80. The van der Waals surface area contributed by atoms with Crippen LogP contribution in [0.4, 0.5) is 0 Å². The fraction of sp³-hybridized carbons (Fsp3) is 0.944. The van der Waals surface area contributed by atoms with Gasteiger partial charge in [-0.05, 0) is 38.5 Å². The van der Waals surface area contributed by atoms with Crippen molar-refractivity contribution >= 4 is 5.91 Å². The smallest absolute Gasteiger partial charge is 0.249 e. The molecule has 0 saturated carbocycles. The SMILES string of the molecule is CCCCCCCCCCCCCC/C=C\CCCCCCCCC(O)C(=O)NC(CO)C(O)C(O)CCCCCCCCCCCCCCCCCCCCCCCC. The van der Waals surface area contributed by atoms with Gasteiger partial charge < -0.3 is 25.7 Å². The fourth-order valence-electron chi connectivity index (χ4n) is 8.70. The first kappa shape index (κ1) is 59.0. The van der Waals surface area contributed by atoms with E-state index in [9.17, 15) is 25.2 Å². The predicted octanol–water partition coefficient (Wildman–Crippen LogP) is 15.3. The molecule has 0 radical (unpaired) electrons. The van der Waals surface area contributed by atoms with Crippen LogP contribution in [0.5, 0.6) is 0 Å². The number of allylic oxidation sites excluding steroid dienone is 2. The molecule has 0 rings (SSSR count). The lowest BCUT2D eigenvalue weighted by Gasteiger charge is -2.27. The van der Waals surface area contributed by atoms with Crippen molar-refractivity contribution in [3.05, 3.63) is 12.2 Å². The fourth-order valence-corrected chi connectivity index (χ4v) is 8.70. The Balaban J connectivity index is 3.64. The maximum atomic E-state index is 12.6. The van der Waals surface area contributed by atoms with Crippen molar-refractivity contribution in [3.8, 4) is 0 Å².